The average molecular weight is 481 g/mol. The fraction of sp³-hybridized carbons (Fsp3) is 0.0909. The van der Waals surface area contributed by atoms with Crippen LogP contribution in [0.1, 0.15) is 17.0 Å². The molecule has 0 saturated heterocycles. The van der Waals surface area contributed by atoms with E-state index in [0.29, 0.717) is 22.3 Å². The van der Waals surface area contributed by atoms with Crippen LogP contribution in [-0.4, -0.2) is 21.4 Å². The smallest absolute Gasteiger partial charge is 0.291 e. The van der Waals surface area contributed by atoms with E-state index in [0.717, 1.165) is 4.47 Å². The molecule has 156 valence electrons. The number of hydrogen-bond acceptors (Lipinski definition) is 5. The van der Waals surface area contributed by atoms with E-state index in [4.69, 9.17) is 4.42 Å². The summed E-state index contributed by atoms with van der Waals surface area (Å²) in [7, 11) is 0. The monoisotopic (exact) mass is 480 g/mol. The highest BCUT2D eigenvalue weighted by Gasteiger charge is 2.10. The molecule has 0 radical (unpaired) electrons. The van der Waals surface area contributed by atoms with Gasteiger partial charge in [0.05, 0.1) is 23.5 Å². The molecule has 4 aromatic rings. The molecule has 0 bridgehead atoms. The number of fused-ring (bicyclic) bond motifs is 1. The number of benzene rings is 2. The van der Waals surface area contributed by atoms with E-state index in [-0.39, 0.29) is 36.1 Å². The van der Waals surface area contributed by atoms with Crippen molar-refractivity contribution in [2.24, 2.45) is 0 Å². The Labute approximate surface area is 185 Å². The maximum Gasteiger partial charge on any atom is 0.291 e. The lowest BCUT2D eigenvalue weighted by Crippen LogP contribution is -2.23. The first-order chi connectivity index (χ1) is 15.0. The molecule has 4 rings (SSSR count). The molecule has 2 aromatic heterocycles. The molecule has 0 saturated carbocycles. The predicted octanol–water partition coefficient (Wildman–Crippen LogP) is 4.03. The van der Waals surface area contributed by atoms with Crippen molar-refractivity contribution in [3.05, 3.63) is 87.8 Å². The maximum atomic E-state index is 12.6. The summed E-state index contributed by atoms with van der Waals surface area (Å²) in [4.78, 5) is 41.1. The fourth-order valence-electron chi connectivity index (χ4n) is 2.97. The Morgan fingerprint density at radius 1 is 1.03 bits per heavy atom. The van der Waals surface area contributed by atoms with Gasteiger partial charge in [0.15, 0.2) is 5.76 Å². The lowest BCUT2D eigenvalue weighted by molar-refractivity contribution is -0.116. The van der Waals surface area contributed by atoms with Gasteiger partial charge < -0.3 is 15.1 Å². The number of nitrogens with one attached hydrogen (secondary N) is 2. The molecule has 8 nitrogen and oxygen atoms in total. The SMILES string of the molecule is O=C(CCn1cnc2ccc(Br)cc2c1=O)Nc1ccc(NC(=O)c2ccco2)cc1. The van der Waals surface area contributed by atoms with E-state index in [1.54, 1.807) is 48.5 Å². The number of carbonyl (C=O) groups is 2. The molecule has 0 aliphatic heterocycles. The minimum absolute atomic E-state index is 0.109. The first-order valence-electron chi connectivity index (χ1n) is 9.39. The fourth-order valence-corrected chi connectivity index (χ4v) is 3.33. The second-order valence-electron chi connectivity index (χ2n) is 6.71. The topological polar surface area (TPSA) is 106 Å². The molecule has 2 amide bonds. The van der Waals surface area contributed by atoms with Crippen LogP contribution in [0.15, 0.2) is 80.9 Å². The Bertz CT molecular complexity index is 1300. The molecular weight excluding hydrogens is 464 g/mol. The molecular formula is C22H17BrN4O4. The van der Waals surface area contributed by atoms with Crippen LogP contribution in [0.2, 0.25) is 0 Å². The van der Waals surface area contributed by atoms with Gasteiger partial charge in [0.1, 0.15) is 0 Å². The molecule has 2 N–H and O–H groups in total. The molecule has 0 spiro atoms. The largest absolute Gasteiger partial charge is 0.459 e. The zero-order valence-electron chi connectivity index (χ0n) is 16.2. The highest BCUT2D eigenvalue weighted by Crippen LogP contribution is 2.16. The molecule has 0 atom stereocenters. The Hall–Kier alpha value is -3.72. The summed E-state index contributed by atoms with van der Waals surface area (Å²) in [6.45, 7) is 0.206. The van der Waals surface area contributed by atoms with Crippen LogP contribution < -0.4 is 16.2 Å². The van der Waals surface area contributed by atoms with E-state index in [1.807, 2.05) is 6.07 Å². The maximum absolute atomic E-state index is 12.6. The van der Waals surface area contributed by atoms with Gasteiger partial charge in [-0.3, -0.25) is 19.0 Å². The molecule has 0 fully saturated rings. The van der Waals surface area contributed by atoms with Crippen LogP contribution in [0.3, 0.4) is 0 Å². The molecule has 0 aliphatic rings. The van der Waals surface area contributed by atoms with Crippen molar-refractivity contribution >= 4 is 50.0 Å². The second kappa shape index (κ2) is 8.97. The lowest BCUT2D eigenvalue weighted by atomic mass is 10.2. The zero-order valence-corrected chi connectivity index (χ0v) is 17.8. The van der Waals surface area contributed by atoms with Crippen LogP contribution >= 0.6 is 15.9 Å². The molecule has 2 heterocycles. The van der Waals surface area contributed by atoms with Gasteiger partial charge in [0.2, 0.25) is 5.91 Å². The third-order valence-electron chi connectivity index (χ3n) is 4.54. The van der Waals surface area contributed by atoms with E-state index in [9.17, 15) is 14.4 Å². The quantitative estimate of drug-likeness (QED) is 0.433. The van der Waals surface area contributed by atoms with Gasteiger partial charge in [-0.05, 0) is 54.6 Å². The van der Waals surface area contributed by atoms with Crippen molar-refractivity contribution in [1.29, 1.82) is 0 Å². The predicted molar refractivity (Wildman–Crippen MR) is 120 cm³/mol. The number of nitrogens with zero attached hydrogens (tertiary/aromatic N) is 2. The van der Waals surface area contributed by atoms with Gasteiger partial charge in [-0.1, -0.05) is 15.9 Å². The van der Waals surface area contributed by atoms with Gasteiger partial charge in [-0.15, -0.1) is 0 Å². The summed E-state index contributed by atoms with van der Waals surface area (Å²) in [5, 5.41) is 5.97. The molecule has 9 heteroatoms. The van der Waals surface area contributed by atoms with Gasteiger partial charge in [-0.25, -0.2) is 4.98 Å². The summed E-state index contributed by atoms with van der Waals surface area (Å²) in [5.41, 5.74) is 1.55. The van der Waals surface area contributed by atoms with E-state index in [1.165, 1.54) is 17.2 Å². The number of carbonyl (C=O) groups excluding carboxylic acids is 2. The third kappa shape index (κ3) is 4.89. The summed E-state index contributed by atoms with van der Waals surface area (Å²) in [6, 6.07) is 15.2. The minimum atomic E-state index is -0.358. The van der Waals surface area contributed by atoms with Crippen molar-refractivity contribution in [3.8, 4) is 0 Å². The number of furan rings is 1. The number of hydrogen-bond donors (Lipinski definition) is 2. The standard InChI is InChI=1S/C22H17BrN4O4/c23-14-3-8-18-17(12-14)22(30)27(13-24-18)10-9-20(28)25-15-4-6-16(7-5-15)26-21(29)19-2-1-11-31-19/h1-8,11-13H,9-10H2,(H,25,28)(H,26,29). The second-order valence-corrected chi connectivity index (χ2v) is 7.63. The molecule has 0 unspecified atom stereocenters. The van der Waals surface area contributed by atoms with Crippen molar-refractivity contribution in [3.63, 3.8) is 0 Å². The van der Waals surface area contributed by atoms with Crippen LogP contribution in [0.4, 0.5) is 11.4 Å². The van der Waals surface area contributed by atoms with Crippen molar-refractivity contribution in [2.75, 3.05) is 10.6 Å². The number of rotatable bonds is 6. The molecule has 2 aromatic carbocycles. The minimum Gasteiger partial charge on any atom is -0.459 e. The first-order valence-corrected chi connectivity index (χ1v) is 10.2. The molecule has 0 aliphatic carbocycles. The average Bonchev–Trinajstić information content (AvgIpc) is 3.30. The van der Waals surface area contributed by atoms with Crippen LogP contribution in [-0.2, 0) is 11.3 Å². The lowest BCUT2D eigenvalue weighted by Gasteiger charge is -2.09. The van der Waals surface area contributed by atoms with Crippen molar-refractivity contribution < 1.29 is 14.0 Å². The van der Waals surface area contributed by atoms with E-state index >= 15 is 0 Å². The number of aromatic nitrogens is 2. The van der Waals surface area contributed by atoms with Crippen LogP contribution in [0.5, 0.6) is 0 Å². The zero-order chi connectivity index (χ0) is 21.8. The van der Waals surface area contributed by atoms with Crippen molar-refractivity contribution in [1.82, 2.24) is 9.55 Å². The third-order valence-corrected chi connectivity index (χ3v) is 5.03. The Morgan fingerprint density at radius 3 is 2.48 bits per heavy atom. The van der Waals surface area contributed by atoms with Crippen LogP contribution in [0.25, 0.3) is 10.9 Å². The number of halogens is 1. The molecule has 31 heavy (non-hydrogen) atoms. The van der Waals surface area contributed by atoms with Gasteiger partial charge in [0, 0.05) is 28.8 Å². The number of amides is 2. The van der Waals surface area contributed by atoms with Gasteiger partial charge in [-0.2, -0.15) is 0 Å². The first kappa shape index (κ1) is 20.5. The summed E-state index contributed by atoms with van der Waals surface area (Å²) in [5.74, 6) is -0.389. The van der Waals surface area contributed by atoms with E-state index in [2.05, 4.69) is 31.5 Å². The van der Waals surface area contributed by atoms with Gasteiger partial charge in [0.25, 0.3) is 11.5 Å². The Morgan fingerprint density at radius 2 is 1.77 bits per heavy atom. The number of aryl methyl sites for hydroxylation is 1. The highest BCUT2D eigenvalue weighted by atomic mass is 79.9. The number of anilines is 2. The Kier molecular flexibility index (Phi) is 5.94. The Balaban J connectivity index is 1.35. The van der Waals surface area contributed by atoms with Gasteiger partial charge >= 0.3 is 0 Å². The summed E-state index contributed by atoms with van der Waals surface area (Å²) < 4.78 is 7.25. The normalized spacial score (nSPS) is 10.7. The summed E-state index contributed by atoms with van der Waals surface area (Å²) >= 11 is 3.35. The summed E-state index contributed by atoms with van der Waals surface area (Å²) in [6.07, 6.45) is 2.98. The van der Waals surface area contributed by atoms with Crippen LogP contribution in [0, 0.1) is 0 Å². The van der Waals surface area contributed by atoms with E-state index < -0.39 is 0 Å². The highest BCUT2D eigenvalue weighted by molar-refractivity contribution is 9.10. The van der Waals surface area contributed by atoms with Crippen molar-refractivity contribution in [2.45, 2.75) is 13.0 Å².